The average Bonchev–Trinajstić information content (AvgIpc) is 3.96. The number of hydrogen-bond donors (Lipinski definition) is 0. The van der Waals surface area contributed by atoms with Crippen LogP contribution in [0.15, 0.2) is 46.8 Å². The lowest BCUT2D eigenvalue weighted by Gasteiger charge is -2.60. The molecule has 0 radical (unpaired) electrons. The third kappa shape index (κ3) is 11.6. The molecule has 10 atom stereocenters. The van der Waals surface area contributed by atoms with Crippen molar-refractivity contribution in [3.63, 3.8) is 0 Å². The van der Waals surface area contributed by atoms with Crippen molar-refractivity contribution in [3.05, 3.63) is 59.9 Å². The van der Waals surface area contributed by atoms with Crippen LogP contribution in [0.5, 0.6) is 6.01 Å². The van der Waals surface area contributed by atoms with Gasteiger partial charge in [0, 0.05) is 43.0 Å². The molecule has 4 aliphatic rings. The molecule has 2 aliphatic carbocycles. The molecule has 0 N–H and O–H groups in total. The summed E-state index contributed by atoms with van der Waals surface area (Å²) in [5.74, 6) is 0.669. The van der Waals surface area contributed by atoms with E-state index in [0.717, 1.165) is 24.2 Å². The van der Waals surface area contributed by atoms with Crippen LogP contribution in [0, 0.1) is 53.0 Å². The summed E-state index contributed by atoms with van der Waals surface area (Å²) in [7, 11) is -6.61. The van der Waals surface area contributed by atoms with Gasteiger partial charge in [-0.05, 0) is 119 Å². The molecule has 2 saturated carbocycles. The SMILES string of the molecule is CC1CCC(C(C)C)C([Si](O[C@@H]2CO[C@H]3[C@@H]2OC[C@H]3Oc2nc3cc(F)c(-c4c(F)cc(-c5ccc(N=S(C)(C)=O)cc5)cc4F)nc3n2COCC[Si](C)(C)C)(C2CC(C)CCC2C(C)C)C(C)(C)C)C1. The number of nitrogens with zero attached hydrogens (tertiary/aromatic N) is 4. The molecule has 4 aromatic rings. The first-order valence-electron chi connectivity index (χ1n) is 26.7. The Morgan fingerprint density at radius 2 is 1.35 bits per heavy atom. The van der Waals surface area contributed by atoms with Crippen molar-refractivity contribution in [2.75, 3.05) is 32.3 Å². The summed E-state index contributed by atoms with van der Waals surface area (Å²) in [6.45, 7) is 29.9. The van der Waals surface area contributed by atoms with Gasteiger partial charge in [-0.15, -0.1) is 0 Å². The van der Waals surface area contributed by atoms with Crippen LogP contribution in [-0.4, -0.2) is 91.9 Å². The maximum absolute atomic E-state index is 16.2. The highest BCUT2D eigenvalue weighted by Crippen LogP contribution is 2.65. The molecule has 2 saturated heterocycles. The largest absolute Gasteiger partial charge is 0.456 e. The fraction of sp³-hybridized carbons (Fsp3) is 0.679. The molecular weight excluding hydrogens is 970 g/mol. The zero-order valence-corrected chi connectivity index (χ0v) is 48.3. The zero-order valence-electron chi connectivity index (χ0n) is 45.5. The van der Waals surface area contributed by atoms with Gasteiger partial charge in [-0.2, -0.15) is 9.35 Å². The number of ether oxygens (including phenoxy) is 4. The number of fused-ring (bicyclic) bond motifs is 2. The average molecular weight is 1050 g/mol. The van der Waals surface area contributed by atoms with Crippen molar-refractivity contribution in [1.82, 2.24) is 14.5 Å². The normalized spacial score (nSPS) is 28.2. The fourth-order valence-corrected chi connectivity index (χ4v) is 22.4. The van der Waals surface area contributed by atoms with Gasteiger partial charge in [0.1, 0.15) is 41.8 Å². The molecule has 398 valence electrons. The van der Waals surface area contributed by atoms with Crippen LogP contribution in [0.3, 0.4) is 0 Å². The Bertz CT molecular complexity index is 2620. The molecule has 8 rings (SSSR count). The van der Waals surface area contributed by atoms with Crippen LogP contribution >= 0.6 is 0 Å². The Labute approximate surface area is 430 Å². The molecule has 10 nitrogen and oxygen atoms in total. The summed E-state index contributed by atoms with van der Waals surface area (Å²) in [5.41, 5.74) is 1.44. The molecular formula is C56H83F3N4O6SSi2. The number of hydrogen-bond acceptors (Lipinski definition) is 9. The van der Waals surface area contributed by atoms with E-state index in [9.17, 15) is 4.21 Å². The summed E-state index contributed by atoms with van der Waals surface area (Å²) in [5, 5.41) is -0.0559. The van der Waals surface area contributed by atoms with Crippen molar-refractivity contribution < 1.29 is 40.8 Å². The van der Waals surface area contributed by atoms with E-state index in [-0.39, 0.29) is 53.3 Å². The predicted molar refractivity (Wildman–Crippen MR) is 289 cm³/mol. The Morgan fingerprint density at radius 3 is 1.88 bits per heavy atom. The third-order valence-electron chi connectivity index (χ3n) is 16.5. The molecule has 0 amide bonds. The van der Waals surface area contributed by atoms with Gasteiger partial charge in [0.05, 0.1) is 30.6 Å². The maximum atomic E-state index is 16.2. The number of pyridine rings is 1. The van der Waals surface area contributed by atoms with Gasteiger partial charge in [-0.25, -0.2) is 22.4 Å². The van der Waals surface area contributed by atoms with Crippen molar-refractivity contribution in [3.8, 4) is 28.4 Å². The van der Waals surface area contributed by atoms with E-state index in [1.165, 1.54) is 51.0 Å². The Morgan fingerprint density at radius 1 is 0.792 bits per heavy atom. The summed E-state index contributed by atoms with van der Waals surface area (Å²) >= 11 is 0. The third-order valence-corrected chi connectivity index (χ3v) is 25.5. The van der Waals surface area contributed by atoms with E-state index in [0.29, 0.717) is 71.1 Å². The smallest absolute Gasteiger partial charge is 0.301 e. The number of benzene rings is 2. The molecule has 0 bridgehead atoms. The first-order valence-corrected chi connectivity index (χ1v) is 34.8. The van der Waals surface area contributed by atoms with E-state index in [2.05, 4.69) is 91.3 Å². The molecule has 4 heterocycles. The van der Waals surface area contributed by atoms with Crippen molar-refractivity contribution in [2.24, 2.45) is 39.9 Å². The van der Waals surface area contributed by atoms with Gasteiger partial charge in [-0.1, -0.05) is 107 Å². The van der Waals surface area contributed by atoms with Crippen LogP contribution in [-0.2, 0) is 35.1 Å². The van der Waals surface area contributed by atoms with Crippen molar-refractivity contribution in [1.29, 1.82) is 0 Å². The highest BCUT2D eigenvalue weighted by Gasteiger charge is 2.65. The van der Waals surface area contributed by atoms with E-state index < -0.39 is 67.0 Å². The second-order valence-corrected chi connectivity index (χ2v) is 38.3. The van der Waals surface area contributed by atoms with Crippen LogP contribution in [0.25, 0.3) is 33.5 Å². The van der Waals surface area contributed by atoms with Gasteiger partial charge < -0.3 is 23.4 Å². The second kappa shape index (κ2) is 21.5. The highest BCUT2D eigenvalue weighted by atomic mass is 32.2. The minimum Gasteiger partial charge on any atom is -0.456 e. The van der Waals surface area contributed by atoms with Gasteiger partial charge in [0.2, 0.25) is 8.32 Å². The van der Waals surface area contributed by atoms with Gasteiger partial charge in [0.25, 0.3) is 0 Å². The van der Waals surface area contributed by atoms with E-state index in [1.807, 2.05) is 0 Å². The standard InChI is InChI=1S/C56H83F3N4O6SSi2/c1-33(2)40-21-15-35(5)25-48(40)72(56(7,8)9,49-26-36(6)16-22-41(49)34(3)4)69-47-31-67-52-46(30-66-53(47)52)68-55-60-45-29-44(59)51(61-54(45)63(55)32-65-23-24-71(12,13)14)50-42(57)27-38(28-43(50)58)37-17-19-39(20-18-37)62-70(10,11)64/h17-20,27-29,33-36,40-41,46-49,52-53H,15-16,21-26,30-32H2,1-14H3/t35?,36?,40?,41?,46-,47-,48?,49?,52-,53-,72?/m1/s1. The molecule has 2 aliphatic heterocycles. The summed E-state index contributed by atoms with van der Waals surface area (Å²) < 4.78 is 101. The highest BCUT2D eigenvalue weighted by molar-refractivity contribution is 7.92. The van der Waals surface area contributed by atoms with Crippen molar-refractivity contribution in [2.45, 2.75) is 174 Å². The van der Waals surface area contributed by atoms with Gasteiger partial charge >= 0.3 is 6.01 Å². The number of halogens is 3. The molecule has 2 aromatic heterocycles. The van der Waals surface area contributed by atoms with Crippen LogP contribution in [0.4, 0.5) is 18.9 Å². The Balaban J connectivity index is 1.11. The topological polar surface area (TPSA) is 106 Å². The number of imidazole rings is 1. The van der Waals surface area contributed by atoms with E-state index >= 15 is 13.2 Å². The minimum atomic E-state index is -2.73. The first kappa shape index (κ1) is 55.1. The molecule has 0 spiro atoms. The monoisotopic (exact) mass is 1050 g/mol. The first-order chi connectivity index (χ1) is 33.7. The maximum Gasteiger partial charge on any atom is 0.301 e. The minimum absolute atomic E-state index is 0.0345. The lowest BCUT2D eigenvalue weighted by molar-refractivity contribution is 0.000381. The quantitative estimate of drug-likeness (QED) is 0.0807. The van der Waals surface area contributed by atoms with Crippen LogP contribution in [0.1, 0.15) is 101 Å². The van der Waals surface area contributed by atoms with E-state index in [1.54, 1.807) is 28.8 Å². The Kier molecular flexibility index (Phi) is 16.4. The molecule has 16 heteroatoms. The number of rotatable bonds is 16. The summed E-state index contributed by atoms with van der Waals surface area (Å²) in [6, 6.07) is 11.0. The lowest BCUT2D eigenvalue weighted by Crippen LogP contribution is -2.63. The fourth-order valence-electron chi connectivity index (χ4n) is 13.0. The Hall–Kier alpha value is -3.13. The summed E-state index contributed by atoms with van der Waals surface area (Å²) in [6.07, 6.45) is 8.80. The van der Waals surface area contributed by atoms with E-state index in [4.69, 9.17) is 28.4 Å². The van der Waals surface area contributed by atoms with Gasteiger partial charge in [-0.3, -0.25) is 4.57 Å². The predicted octanol–water partition coefficient (Wildman–Crippen LogP) is 14.5. The van der Waals surface area contributed by atoms with Crippen LogP contribution < -0.4 is 4.74 Å². The molecule has 4 fully saturated rings. The summed E-state index contributed by atoms with van der Waals surface area (Å²) in [4.78, 5) is 9.35. The van der Waals surface area contributed by atoms with Crippen molar-refractivity contribution >= 4 is 43.0 Å². The van der Waals surface area contributed by atoms with Crippen LogP contribution in [0.2, 0.25) is 41.8 Å². The zero-order chi connectivity index (χ0) is 52.2. The number of aromatic nitrogens is 3. The van der Waals surface area contributed by atoms with Gasteiger partial charge in [0.15, 0.2) is 17.6 Å². The molecule has 6 unspecified atom stereocenters. The second-order valence-electron chi connectivity index (χ2n) is 25.3. The molecule has 2 aromatic carbocycles. The lowest BCUT2D eigenvalue weighted by atomic mass is 9.76. The molecule has 72 heavy (non-hydrogen) atoms.